The highest BCUT2D eigenvalue weighted by atomic mass is 16.1. The first-order valence-corrected chi connectivity index (χ1v) is 9.74. The molecule has 0 bridgehead atoms. The fraction of sp³-hybridized carbons (Fsp3) is 0.167. The number of nitrogens with one attached hydrogen (secondary N) is 3. The first-order chi connectivity index (χ1) is 14.1. The Hall–Kier alpha value is -3.60. The lowest BCUT2D eigenvalue weighted by molar-refractivity contribution is 0.102. The summed E-state index contributed by atoms with van der Waals surface area (Å²) in [6.07, 6.45) is 4.60. The predicted molar refractivity (Wildman–Crippen MR) is 119 cm³/mol. The molecular formula is C24H24N4O. The molecule has 146 valence electrons. The minimum Gasteiger partial charge on any atom is -0.385 e. The zero-order chi connectivity index (χ0) is 20.2. The van der Waals surface area contributed by atoms with E-state index in [-0.39, 0.29) is 5.91 Å². The van der Waals surface area contributed by atoms with Crippen LogP contribution in [0, 0.1) is 13.8 Å². The van der Waals surface area contributed by atoms with Crippen molar-refractivity contribution in [2.45, 2.75) is 20.3 Å². The number of hydrogen-bond donors (Lipinski definition) is 3. The highest BCUT2D eigenvalue weighted by Gasteiger charge is 2.10. The lowest BCUT2D eigenvalue weighted by atomic mass is 10.1. The van der Waals surface area contributed by atoms with Gasteiger partial charge in [-0.2, -0.15) is 0 Å². The molecule has 29 heavy (non-hydrogen) atoms. The van der Waals surface area contributed by atoms with Crippen LogP contribution in [0.4, 0.5) is 11.4 Å². The number of hydrogen-bond acceptors (Lipinski definition) is 3. The summed E-state index contributed by atoms with van der Waals surface area (Å²) in [6.45, 7) is 4.75. The van der Waals surface area contributed by atoms with E-state index in [1.165, 1.54) is 10.9 Å². The van der Waals surface area contributed by atoms with Gasteiger partial charge in [0.1, 0.15) is 5.69 Å². The molecule has 3 N–H and O–H groups in total. The Bertz CT molecular complexity index is 1160. The van der Waals surface area contributed by atoms with Gasteiger partial charge in [0, 0.05) is 41.2 Å². The number of amides is 1. The van der Waals surface area contributed by atoms with E-state index in [9.17, 15) is 4.79 Å². The standard InChI is InChI=1S/C24H24N4O/c1-16-7-8-17(2)22(13-16)28-24(29)23-14-19(10-12-26-23)25-11-9-18-15-27-21-6-4-3-5-20(18)21/h3-8,10,12-15,27H,9,11H2,1-2H3,(H,25,26)(H,28,29). The maximum Gasteiger partial charge on any atom is 0.274 e. The molecule has 2 heterocycles. The molecule has 1 amide bonds. The number of nitrogens with zero attached hydrogens (tertiary/aromatic N) is 1. The van der Waals surface area contributed by atoms with Crippen LogP contribution in [0.2, 0.25) is 0 Å². The number of rotatable bonds is 6. The molecule has 0 aliphatic heterocycles. The van der Waals surface area contributed by atoms with E-state index in [4.69, 9.17) is 0 Å². The van der Waals surface area contributed by atoms with Crippen LogP contribution in [0.5, 0.6) is 0 Å². The number of aromatic amines is 1. The highest BCUT2D eigenvalue weighted by molar-refractivity contribution is 6.03. The molecule has 0 atom stereocenters. The Morgan fingerprint density at radius 1 is 1.07 bits per heavy atom. The van der Waals surface area contributed by atoms with E-state index < -0.39 is 0 Å². The number of aromatic nitrogens is 2. The molecule has 0 saturated heterocycles. The normalized spacial score (nSPS) is 10.8. The van der Waals surface area contributed by atoms with Crippen LogP contribution in [0.1, 0.15) is 27.2 Å². The average Bonchev–Trinajstić information content (AvgIpc) is 3.14. The summed E-state index contributed by atoms with van der Waals surface area (Å²) in [6, 6.07) is 18.0. The molecule has 0 spiro atoms. The van der Waals surface area contributed by atoms with Gasteiger partial charge >= 0.3 is 0 Å². The van der Waals surface area contributed by atoms with Crippen molar-refractivity contribution >= 4 is 28.2 Å². The Balaban J connectivity index is 1.40. The van der Waals surface area contributed by atoms with Gasteiger partial charge in [0.25, 0.3) is 5.91 Å². The van der Waals surface area contributed by atoms with Crippen molar-refractivity contribution in [1.29, 1.82) is 0 Å². The Kier molecular flexibility index (Phi) is 5.29. The lowest BCUT2D eigenvalue weighted by Gasteiger charge is -2.10. The second kappa shape index (κ2) is 8.19. The summed E-state index contributed by atoms with van der Waals surface area (Å²) in [4.78, 5) is 20.2. The van der Waals surface area contributed by atoms with Gasteiger partial charge in [-0.3, -0.25) is 9.78 Å². The molecule has 0 aliphatic carbocycles. The lowest BCUT2D eigenvalue weighted by Crippen LogP contribution is -2.15. The maximum atomic E-state index is 12.6. The minimum atomic E-state index is -0.209. The Morgan fingerprint density at radius 3 is 2.83 bits per heavy atom. The third kappa shape index (κ3) is 4.29. The summed E-state index contributed by atoms with van der Waals surface area (Å²) in [5.41, 5.74) is 6.64. The summed E-state index contributed by atoms with van der Waals surface area (Å²) in [5, 5.41) is 7.60. The van der Waals surface area contributed by atoms with E-state index >= 15 is 0 Å². The topological polar surface area (TPSA) is 69.8 Å². The molecular weight excluding hydrogens is 360 g/mol. The number of carbonyl (C=O) groups excluding carboxylic acids is 1. The summed E-state index contributed by atoms with van der Waals surface area (Å²) in [7, 11) is 0. The first kappa shape index (κ1) is 18.7. The number of fused-ring (bicyclic) bond motifs is 1. The molecule has 0 fully saturated rings. The Morgan fingerprint density at radius 2 is 1.93 bits per heavy atom. The summed E-state index contributed by atoms with van der Waals surface area (Å²) < 4.78 is 0. The van der Waals surface area contributed by atoms with Crippen molar-refractivity contribution in [3.63, 3.8) is 0 Å². The first-order valence-electron chi connectivity index (χ1n) is 9.74. The van der Waals surface area contributed by atoms with E-state index in [2.05, 4.69) is 45.0 Å². The number of para-hydroxylation sites is 1. The predicted octanol–water partition coefficient (Wildman–Crippen LogP) is 5.09. The molecule has 2 aromatic heterocycles. The zero-order valence-electron chi connectivity index (χ0n) is 16.6. The molecule has 2 aromatic carbocycles. The number of H-pyrrole nitrogens is 1. The molecule has 4 aromatic rings. The van der Waals surface area contributed by atoms with Crippen LogP contribution >= 0.6 is 0 Å². The number of anilines is 2. The smallest absolute Gasteiger partial charge is 0.274 e. The fourth-order valence-electron chi connectivity index (χ4n) is 3.40. The quantitative estimate of drug-likeness (QED) is 0.434. The van der Waals surface area contributed by atoms with Gasteiger partial charge in [-0.25, -0.2) is 0 Å². The van der Waals surface area contributed by atoms with E-state index in [0.29, 0.717) is 5.69 Å². The van der Waals surface area contributed by atoms with Gasteiger partial charge < -0.3 is 15.6 Å². The highest BCUT2D eigenvalue weighted by Crippen LogP contribution is 2.19. The molecule has 5 heteroatoms. The van der Waals surface area contributed by atoms with Crippen molar-refractivity contribution in [3.05, 3.63) is 89.4 Å². The second-order valence-electron chi connectivity index (χ2n) is 7.24. The van der Waals surface area contributed by atoms with Crippen LogP contribution in [0.15, 0.2) is 67.0 Å². The maximum absolute atomic E-state index is 12.6. The Labute approximate surface area is 170 Å². The molecule has 4 rings (SSSR count). The van der Waals surface area contributed by atoms with Crippen LogP contribution in [0.25, 0.3) is 10.9 Å². The van der Waals surface area contributed by atoms with Crippen molar-refractivity contribution < 1.29 is 4.79 Å². The molecule has 0 unspecified atom stereocenters. The third-order valence-corrected chi connectivity index (χ3v) is 5.03. The average molecular weight is 384 g/mol. The van der Waals surface area contributed by atoms with Gasteiger partial charge in [0.05, 0.1) is 0 Å². The van der Waals surface area contributed by atoms with Crippen LogP contribution in [0.3, 0.4) is 0 Å². The number of aryl methyl sites for hydroxylation is 2. The van der Waals surface area contributed by atoms with E-state index in [1.54, 1.807) is 12.3 Å². The van der Waals surface area contributed by atoms with E-state index in [1.807, 2.05) is 44.2 Å². The van der Waals surface area contributed by atoms with Gasteiger partial charge in [-0.1, -0.05) is 30.3 Å². The van der Waals surface area contributed by atoms with Gasteiger partial charge in [0.15, 0.2) is 0 Å². The van der Waals surface area contributed by atoms with Crippen LogP contribution < -0.4 is 10.6 Å². The minimum absolute atomic E-state index is 0.209. The summed E-state index contributed by atoms with van der Waals surface area (Å²) in [5.74, 6) is -0.209. The largest absolute Gasteiger partial charge is 0.385 e. The summed E-state index contributed by atoms with van der Waals surface area (Å²) >= 11 is 0. The fourth-order valence-corrected chi connectivity index (χ4v) is 3.40. The SMILES string of the molecule is Cc1ccc(C)c(NC(=O)c2cc(NCCc3c[nH]c4ccccc34)ccn2)c1. The molecule has 0 radical (unpaired) electrons. The van der Waals surface area contributed by atoms with Gasteiger partial charge in [0.2, 0.25) is 0 Å². The van der Waals surface area contributed by atoms with Crippen molar-refractivity contribution in [2.24, 2.45) is 0 Å². The number of pyridine rings is 1. The van der Waals surface area contributed by atoms with Crippen molar-refractivity contribution in [2.75, 3.05) is 17.2 Å². The van der Waals surface area contributed by atoms with Gasteiger partial charge in [-0.05, 0) is 61.2 Å². The van der Waals surface area contributed by atoms with Crippen LogP contribution in [-0.2, 0) is 6.42 Å². The van der Waals surface area contributed by atoms with E-state index in [0.717, 1.165) is 41.0 Å². The number of benzene rings is 2. The monoisotopic (exact) mass is 384 g/mol. The molecule has 0 aliphatic rings. The second-order valence-corrected chi connectivity index (χ2v) is 7.24. The molecule has 0 saturated carbocycles. The van der Waals surface area contributed by atoms with Crippen LogP contribution in [-0.4, -0.2) is 22.4 Å². The van der Waals surface area contributed by atoms with Gasteiger partial charge in [-0.15, -0.1) is 0 Å². The zero-order valence-corrected chi connectivity index (χ0v) is 16.6. The van der Waals surface area contributed by atoms with Crippen molar-refractivity contribution in [1.82, 2.24) is 9.97 Å². The third-order valence-electron chi connectivity index (χ3n) is 5.03. The molecule has 5 nitrogen and oxygen atoms in total. The number of carbonyl (C=O) groups is 1. The van der Waals surface area contributed by atoms with Crippen molar-refractivity contribution in [3.8, 4) is 0 Å².